The van der Waals surface area contributed by atoms with Crippen molar-refractivity contribution in [2.45, 2.75) is 0 Å². The molecule has 0 aliphatic carbocycles. The summed E-state index contributed by atoms with van der Waals surface area (Å²) in [6.45, 7) is 0. The van der Waals surface area contributed by atoms with Gasteiger partial charge in [0, 0.05) is 43.9 Å². The second-order valence-electron chi connectivity index (χ2n) is 7.71. The molecule has 33 heavy (non-hydrogen) atoms. The maximum absolute atomic E-state index is 14.5. The lowest BCUT2D eigenvalue weighted by Crippen LogP contribution is -2.22. The standard InChI is InChI=1S/C26H22FN3O3/c1-29(2)26(32)18-13-17(14-19(27)15-18)22-16-24(31)30(3)28-25(22)21-11-7-8-12-23(21)33-20-9-5-4-6-10-20/h4-16H,1-3H3. The van der Waals surface area contributed by atoms with Crippen molar-refractivity contribution in [1.29, 1.82) is 0 Å². The predicted molar refractivity (Wildman–Crippen MR) is 125 cm³/mol. The minimum Gasteiger partial charge on any atom is -0.457 e. The summed E-state index contributed by atoms with van der Waals surface area (Å²) in [7, 11) is 4.73. The molecule has 7 heteroatoms. The maximum atomic E-state index is 14.5. The van der Waals surface area contributed by atoms with Gasteiger partial charge in [-0.2, -0.15) is 5.10 Å². The summed E-state index contributed by atoms with van der Waals surface area (Å²) in [5.74, 6) is 0.234. The number of nitrogens with zero attached hydrogens (tertiary/aromatic N) is 3. The van der Waals surface area contributed by atoms with Crippen molar-refractivity contribution < 1.29 is 13.9 Å². The number of rotatable bonds is 5. The summed E-state index contributed by atoms with van der Waals surface area (Å²) in [6.07, 6.45) is 0. The first-order valence-electron chi connectivity index (χ1n) is 10.3. The lowest BCUT2D eigenvalue weighted by atomic mass is 9.97. The molecule has 1 heterocycles. The van der Waals surface area contributed by atoms with Crippen LogP contribution in [0.1, 0.15) is 10.4 Å². The largest absolute Gasteiger partial charge is 0.457 e. The Morgan fingerprint density at radius 3 is 2.36 bits per heavy atom. The van der Waals surface area contributed by atoms with Gasteiger partial charge in [0.15, 0.2) is 0 Å². The number of hydrogen-bond donors (Lipinski definition) is 0. The summed E-state index contributed by atoms with van der Waals surface area (Å²) in [6, 6.07) is 22.0. The zero-order chi connectivity index (χ0) is 23.5. The zero-order valence-corrected chi connectivity index (χ0v) is 18.4. The van der Waals surface area contributed by atoms with Gasteiger partial charge >= 0.3 is 0 Å². The Labute approximate surface area is 190 Å². The van der Waals surface area contributed by atoms with Crippen LogP contribution in [0.25, 0.3) is 22.4 Å². The Balaban J connectivity index is 1.91. The molecule has 1 amide bonds. The summed E-state index contributed by atoms with van der Waals surface area (Å²) < 4.78 is 21.8. The molecule has 0 atom stereocenters. The molecule has 6 nitrogen and oxygen atoms in total. The average Bonchev–Trinajstić information content (AvgIpc) is 2.80. The van der Waals surface area contributed by atoms with E-state index in [0.29, 0.717) is 33.9 Å². The fourth-order valence-corrected chi connectivity index (χ4v) is 3.45. The molecular weight excluding hydrogens is 421 g/mol. The van der Waals surface area contributed by atoms with Gasteiger partial charge in [-0.3, -0.25) is 9.59 Å². The van der Waals surface area contributed by atoms with E-state index in [0.717, 1.165) is 0 Å². The van der Waals surface area contributed by atoms with Crippen LogP contribution in [0.3, 0.4) is 0 Å². The fourth-order valence-electron chi connectivity index (χ4n) is 3.45. The second-order valence-corrected chi connectivity index (χ2v) is 7.71. The van der Waals surface area contributed by atoms with Gasteiger partial charge in [-0.25, -0.2) is 9.07 Å². The van der Waals surface area contributed by atoms with E-state index in [1.54, 1.807) is 33.3 Å². The van der Waals surface area contributed by atoms with E-state index in [1.165, 1.54) is 27.8 Å². The van der Waals surface area contributed by atoms with Crippen LogP contribution in [0.5, 0.6) is 11.5 Å². The van der Waals surface area contributed by atoms with Gasteiger partial charge in [-0.1, -0.05) is 30.3 Å². The van der Waals surface area contributed by atoms with E-state index in [1.807, 2.05) is 48.5 Å². The number of carbonyl (C=O) groups is 1. The molecule has 0 unspecified atom stereocenters. The van der Waals surface area contributed by atoms with Crippen LogP contribution in [-0.4, -0.2) is 34.7 Å². The minimum absolute atomic E-state index is 0.176. The molecule has 0 aliphatic heterocycles. The van der Waals surface area contributed by atoms with Crippen molar-refractivity contribution in [3.63, 3.8) is 0 Å². The van der Waals surface area contributed by atoms with Gasteiger partial charge in [-0.15, -0.1) is 0 Å². The van der Waals surface area contributed by atoms with E-state index in [9.17, 15) is 14.0 Å². The number of amides is 1. The van der Waals surface area contributed by atoms with E-state index in [4.69, 9.17) is 4.74 Å². The SMILES string of the molecule is CN(C)C(=O)c1cc(F)cc(-c2cc(=O)n(C)nc2-c2ccccc2Oc2ccccc2)c1. The molecular formula is C26H22FN3O3. The summed E-state index contributed by atoms with van der Waals surface area (Å²) in [5, 5.41) is 4.47. The normalized spacial score (nSPS) is 10.7. The highest BCUT2D eigenvalue weighted by Gasteiger charge is 2.19. The molecule has 1 aromatic heterocycles. The Morgan fingerprint density at radius 1 is 0.939 bits per heavy atom. The van der Waals surface area contributed by atoms with E-state index >= 15 is 0 Å². The first-order valence-corrected chi connectivity index (χ1v) is 10.3. The zero-order valence-electron chi connectivity index (χ0n) is 18.4. The average molecular weight is 443 g/mol. The number of benzene rings is 3. The molecule has 166 valence electrons. The Morgan fingerprint density at radius 2 is 1.64 bits per heavy atom. The summed E-state index contributed by atoms with van der Waals surface area (Å²) in [5.41, 5.74) is 1.63. The Hall–Kier alpha value is -4.26. The van der Waals surface area contributed by atoms with Crippen LogP contribution < -0.4 is 10.3 Å². The van der Waals surface area contributed by atoms with Crippen molar-refractivity contribution >= 4 is 5.91 Å². The fraction of sp³-hybridized carbons (Fsp3) is 0.115. The van der Waals surface area contributed by atoms with Crippen LogP contribution >= 0.6 is 0 Å². The van der Waals surface area contributed by atoms with E-state index in [-0.39, 0.29) is 17.0 Å². The van der Waals surface area contributed by atoms with Crippen LogP contribution in [0.4, 0.5) is 4.39 Å². The third-order valence-corrected chi connectivity index (χ3v) is 5.07. The Bertz CT molecular complexity index is 1380. The molecule has 0 fully saturated rings. The number of aromatic nitrogens is 2. The lowest BCUT2D eigenvalue weighted by Gasteiger charge is -2.16. The van der Waals surface area contributed by atoms with Gasteiger partial charge in [0.25, 0.3) is 11.5 Å². The molecule has 4 rings (SSSR count). The minimum atomic E-state index is -0.585. The third-order valence-electron chi connectivity index (χ3n) is 5.07. The molecule has 0 bridgehead atoms. The Kier molecular flexibility index (Phi) is 6.04. The van der Waals surface area contributed by atoms with Crippen LogP contribution in [0, 0.1) is 5.82 Å². The van der Waals surface area contributed by atoms with Gasteiger partial charge in [0.05, 0.1) is 0 Å². The van der Waals surface area contributed by atoms with Gasteiger partial charge in [0.1, 0.15) is 23.0 Å². The second kappa shape index (κ2) is 9.08. The number of para-hydroxylation sites is 2. The highest BCUT2D eigenvalue weighted by Crippen LogP contribution is 2.37. The van der Waals surface area contributed by atoms with Crippen LogP contribution in [0.15, 0.2) is 83.7 Å². The number of hydrogen-bond acceptors (Lipinski definition) is 4. The number of halogens is 1. The summed E-state index contributed by atoms with van der Waals surface area (Å²) >= 11 is 0. The van der Waals surface area contributed by atoms with Crippen molar-refractivity contribution in [3.05, 3.63) is 101 Å². The lowest BCUT2D eigenvalue weighted by molar-refractivity contribution is 0.0827. The molecule has 0 spiro atoms. The predicted octanol–water partition coefficient (Wildman–Crippen LogP) is 4.75. The van der Waals surface area contributed by atoms with Crippen molar-refractivity contribution in [2.75, 3.05) is 14.1 Å². The quantitative estimate of drug-likeness (QED) is 0.447. The van der Waals surface area contributed by atoms with Crippen molar-refractivity contribution in [2.24, 2.45) is 7.05 Å². The van der Waals surface area contributed by atoms with Crippen LogP contribution in [0.2, 0.25) is 0 Å². The highest BCUT2D eigenvalue weighted by molar-refractivity contribution is 5.96. The smallest absolute Gasteiger partial charge is 0.267 e. The molecule has 4 aromatic rings. The first-order chi connectivity index (χ1) is 15.8. The molecule has 0 N–H and O–H groups in total. The number of aryl methyl sites for hydroxylation is 1. The van der Waals surface area contributed by atoms with E-state index in [2.05, 4.69) is 5.10 Å². The van der Waals surface area contributed by atoms with Gasteiger partial charge in [0.2, 0.25) is 0 Å². The topological polar surface area (TPSA) is 64.4 Å². The van der Waals surface area contributed by atoms with Crippen LogP contribution in [-0.2, 0) is 7.05 Å². The molecule has 0 aliphatic rings. The molecule has 0 saturated carbocycles. The number of carbonyl (C=O) groups excluding carboxylic acids is 1. The van der Waals surface area contributed by atoms with Gasteiger partial charge in [-0.05, 0) is 48.0 Å². The molecule has 0 saturated heterocycles. The highest BCUT2D eigenvalue weighted by atomic mass is 19.1. The molecule has 0 radical (unpaired) electrons. The van der Waals surface area contributed by atoms with Gasteiger partial charge < -0.3 is 9.64 Å². The monoisotopic (exact) mass is 443 g/mol. The third kappa shape index (κ3) is 4.67. The number of ether oxygens (including phenoxy) is 1. The first kappa shape index (κ1) is 22.0. The molecule has 3 aromatic carbocycles. The van der Waals surface area contributed by atoms with Crippen molar-refractivity contribution in [3.8, 4) is 33.9 Å². The summed E-state index contributed by atoms with van der Waals surface area (Å²) in [4.78, 5) is 26.3. The maximum Gasteiger partial charge on any atom is 0.267 e. The van der Waals surface area contributed by atoms with E-state index < -0.39 is 5.82 Å². The van der Waals surface area contributed by atoms with Crippen molar-refractivity contribution in [1.82, 2.24) is 14.7 Å².